The maximum atomic E-state index is 12.7. The first-order valence-electron chi connectivity index (χ1n) is 9.08. The highest BCUT2D eigenvalue weighted by atomic mass is 79.9. The summed E-state index contributed by atoms with van der Waals surface area (Å²) in [5.74, 6) is -0.388. The van der Waals surface area contributed by atoms with E-state index in [9.17, 15) is 14.7 Å². The molecule has 2 N–H and O–H groups in total. The van der Waals surface area contributed by atoms with E-state index in [1.54, 1.807) is 17.0 Å². The van der Waals surface area contributed by atoms with E-state index in [0.717, 1.165) is 30.2 Å². The largest absolute Gasteiger partial charge is 0.507 e. The van der Waals surface area contributed by atoms with Crippen LogP contribution < -0.4 is 5.32 Å². The lowest BCUT2D eigenvalue weighted by molar-refractivity contribution is -0.126. The van der Waals surface area contributed by atoms with Gasteiger partial charge in [-0.1, -0.05) is 42.1 Å². The number of carbonyl (C=O) groups is 2. The molecule has 6 heteroatoms. The predicted molar refractivity (Wildman–Crippen MR) is 102 cm³/mol. The summed E-state index contributed by atoms with van der Waals surface area (Å²) in [5.41, 5.74) is 0.273. The Morgan fingerprint density at radius 1 is 1.32 bits per heavy atom. The Hall–Kier alpha value is -1.56. The van der Waals surface area contributed by atoms with Gasteiger partial charge in [0.2, 0.25) is 5.91 Å². The van der Waals surface area contributed by atoms with Gasteiger partial charge in [-0.15, -0.1) is 0 Å². The highest BCUT2D eigenvalue weighted by Gasteiger charge is 2.29. The smallest absolute Gasteiger partial charge is 0.257 e. The third-order valence-corrected chi connectivity index (χ3v) is 5.09. The molecule has 0 aliphatic carbocycles. The molecule has 1 heterocycles. The number of phenols is 1. The van der Waals surface area contributed by atoms with Crippen LogP contribution in [-0.4, -0.2) is 41.5 Å². The number of aromatic hydroxyl groups is 1. The van der Waals surface area contributed by atoms with E-state index in [2.05, 4.69) is 28.2 Å². The van der Waals surface area contributed by atoms with Crippen LogP contribution >= 0.6 is 15.9 Å². The van der Waals surface area contributed by atoms with Crippen molar-refractivity contribution >= 4 is 27.7 Å². The van der Waals surface area contributed by atoms with Crippen molar-refractivity contribution in [3.05, 3.63) is 28.2 Å². The standard InChI is InChI=1S/C19H27BrN2O3/c1-2-3-4-5-10-21-18(24)14-7-6-11-22(13-14)19(25)16-12-15(20)8-9-17(16)23/h8-9,12,14,23H,2-7,10-11,13H2,1H3,(H,21,24). The number of hydrogen-bond donors (Lipinski definition) is 2. The van der Waals surface area contributed by atoms with Gasteiger partial charge in [-0.25, -0.2) is 0 Å². The second-order valence-electron chi connectivity index (χ2n) is 6.60. The molecule has 5 nitrogen and oxygen atoms in total. The van der Waals surface area contributed by atoms with E-state index in [1.165, 1.54) is 18.9 Å². The van der Waals surface area contributed by atoms with Crippen LogP contribution in [0.4, 0.5) is 0 Å². The van der Waals surface area contributed by atoms with Crippen LogP contribution in [-0.2, 0) is 4.79 Å². The van der Waals surface area contributed by atoms with Gasteiger partial charge in [0.1, 0.15) is 5.75 Å². The zero-order valence-corrected chi connectivity index (χ0v) is 16.3. The van der Waals surface area contributed by atoms with Gasteiger partial charge >= 0.3 is 0 Å². The van der Waals surface area contributed by atoms with Gasteiger partial charge < -0.3 is 15.3 Å². The van der Waals surface area contributed by atoms with Gasteiger partial charge in [0.05, 0.1) is 11.5 Å². The van der Waals surface area contributed by atoms with Crippen molar-refractivity contribution in [3.63, 3.8) is 0 Å². The summed E-state index contributed by atoms with van der Waals surface area (Å²) in [6.07, 6.45) is 6.10. The number of nitrogens with one attached hydrogen (secondary N) is 1. The molecule has 1 aliphatic rings. The monoisotopic (exact) mass is 410 g/mol. The third kappa shape index (κ3) is 5.73. The molecule has 1 aromatic carbocycles. The van der Waals surface area contributed by atoms with Crippen LogP contribution in [0.15, 0.2) is 22.7 Å². The molecular weight excluding hydrogens is 384 g/mol. The van der Waals surface area contributed by atoms with Gasteiger partial charge in [0, 0.05) is 24.1 Å². The fourth-order valence-electron chi connectivity index (χ4n) is 3.13. The Kier molecular flexibility index (Phi) is 7.75. The first-order valence-corrected chi connectivity index (χ1v) is 9.87. The lowest BCUT2D eigenvalue weighted by Crippen LogP contribution is -2.45. The number of piperidine rings is 1. The van der Waals surface area contributed by atoms with Crippen molar-refractivity contribution in [3.8, 4) is 5.75 Å². The van der Waals surface area contributed by atoms with Crippen molar-refractivity contribution in [1.82, 2.24) is 10.2 Å². The Morgan fingerprint density at radius 2 is 2.12 bits per heavy atom. The van der Waals surface area contributed by atoms with E-state index < -0.39 is 0 Å². The molecule has 2 amide bonds. The maximum Gasteiger partial charge on any atom is 0.257 e. The van der Waals surface area contributed by atoms with E-state index >= 15 is 0 Å². The van der Waals surface area contributed by atoms with Crippen molar-refractivity contribution in [2.75, 3.05) is 19.6 Å². The summed E-state index contributed by atoms with van der Waals surface area (Å²) in [4.78, 5) is 26.7. The average molecular weight is 411 g/mol. The van der Waals surface area contributed by atoms with E-state index in [4.69, 9.17) is 0 Å². The number of phenolic OH excluding ortho intramolecular Hbond substituents is 1. The Morgan fingerprint density at radius 3 is 2.88 bits per heavy atom. The van der Waals surface area contributed by atoms with E-state index in [1.807, 2.05) is 0 Å². The zero-order chi connectivity index (χ0) is 18.2. The number of hydrogen-bond acceptors (Lipinski definition) is 3. The molecule has 0 aromatic heterocycles. The molecule has 0 saturated carbocycles. The van der Waals surface area contributed by atoms with Crippen LogP contribution in [0.2, 0.25) is 0 Å². The minimum absolute atomic E-state index is 0.0318. The number of rotatable bonds is 7. The molecular formula is C19H27BrN2O3. The first-order chi connectivity index (χ1) is 12.0. The second-order valence-corrected chi connectivity index (χ2v) is 7.52. The maximum absolute atomic E-state index is 12.7. The van der Waals surface area contributed by atoms with Gasteiger partial charge in [0.25, 0.3) is 5.91 Å². The minimum Gasteiger partial charge on any atom is -0.507 e. The molecule has 0 spiro atoms. The molecule has 1 fully saturated rings. The Balaban J connectivity index is 1.90. The molecule has 1 aliphatic heterocycles. The summed E-state index contributed by atoms with van der Waals surface area (Å²) in [6.45, 7) is 3.89. The van der Waals surface area contributed by atoms with Gasteiger partial charge in [-0.05, 0) is 37.5 Å². The summed E-state index contributed by atoms with van der Waals surface area (Å²) in [7, 11) is 0. The number of carbonyl (C=O) groups excluding carboxylic acids is 2. The molecule has 0 radical (unpaired) electrons. The number of benzene rings is 1. The SMILES string of the molecule is CCCCCCNC(=O)C1CCCN(C(=O)c2cc(Br)ccc2O)C1. The highest BCUT2D eigenvalue weighted by Crippen LogP contribution is 2.26. The van der Waals surface area contributed by atoms with Crippen molar-refractivity contribution in [2.24, 2.45) is 5.92 Å². The molecule has 1 aromatic rings. The zero-order valence-electron chi connectivity index (χ0n) is 14.8. The molecule has 1 unspecified atom stereocenters. The quantitative estimate of drug-likeness (QED) is 0.673. The third-order valence-electron chi connectivity index (χ3n) is 4.60. The Bertz CT molecular complexity index is 606. The van der Waals surface area contributed by atoms with Gasteiger partial charge in [-0.2, -0.15) is 0 Å². The molecule has 1 atom stereocenters. The molecule has 25 heavy (non-hydrogen) atoms. The van der Waals surface area contributed by atoms with Crippen molar-refractivity contribution in [1.29, 1.82) is 0 Å². The summed E-state index contributed by atoms with van der Waals surface area (Å²) >= 11 is 3.32. The number of amides is 2. The number of halogens is 1. The van der Waals surface area contributed by atoms with Crippen LogP contribution in [0, 0.1) is 5.92 Å². The van der Waals surface area contributed by atoms with Crippen LogP contribution in [0.5, 0.6) is 5.75 Å². The predicted octanol–water partition coefficient (Wildman–Crippen LogP) is 3.70. The molecule has 2 rings (SSSR count). The summed E-state index contributed by atoms with van der Waals surface area (Å²) in [6, 6.07) is 4.81. The molecule has 138 valence electrons. The number of likely N-dealkylation sites (tertiary alicyclic amines) is 1. The summed E-state index contributed by atoms with van der Waals surface area (Å²) in [5, 5.41) is 12.9. The fourth-order valence-corrected chi connectivity index (χ4v) is 3.49. The lowest BCUT2D eigenvalue weighted by atomic mass is 9.96. The van der Waals surface area contributed by atoms with Crippen LogP contribution in [0.1, 0.15) is 55.8 Å². The first kappa shape index (κ1) is 19.8. The van der Waals surface area contributed by atoms with Crippen molar-refractivity contribution < 1.29 is 14.7 Å². The van der Waals surface area contributed by atoms with Crippen LogP contribution in [0.3, 0.4) is 0 Å². The molecule has 1 saturated heterocycles. The topological polar surface area (TPSA) is 69.6 Å². The number of nitrogens with zero attached hydrogens (tertiary/aromatic N) is 1. The van der Waals surface area contributed by atoms with Gasteiger partial charge in [-0.3, -0.25) is 9.59 Å². The van der Waals surface area contributed by atoms with Crippen molar-refractivity contribution in [2.45, 2.75) is 45.4 Å². The Labute approximate surface area is 157 Å². The fraction of sp³-hybridized carbons (Fsp3) is 0.579. The minimum atomic E-state index is -0.223. The lowest BCUT2D eigenvalue weighted by Gasteiger charge is -2.32. The second kappa shape index (κ2) is 9.80. The normalized spacial score (nSPS) is 17.4. The number of unbranched alkanes of at least 4 members (excludes halogenated alkanes) is 3. The molecule has 0 bridgehead atoms. The van der Waals surface area contributed by atoms with E-state index in [-0.39, 0.29) is 29.0 Å². The van der Waals surface area contributed by atoms with E-state index in [0.29, 0.717) is 19.6 Å². The highest BCUT2D eigenvalue weighted by molar-refractivity contribution is 9.10. The summed E-state index contributed by atoms with van der Waals surface area (Å²) < 4.78 is 0.743. The average Bonchev–Trinajstić information content (AvgIpc) is 2.63. The van der Waals surface area contributed by atoms with Gasteiger partial charge in [0.15, 0.2) is 0 Å². The van der Waals surface area contributed by atoms with Crippen LogP contribution in [0.25, 0.3) is 0 Å².